The highest BCUT2D eigenvalue weighted by Crippen LogP contribution is 2.23. The maximum atomic E-state index is 11.8. The van der Waals surface area contributed by atoms with Crippen molar-refractivity contribution in [2.24, 2.45) is 0 Å². The Hall–Kier alpha value is -0.720. The van der Waals surface area contributed by atoms with E-state index < -0.39 is 12.1 Å². The fourth-order valence-corrected chi connectivity index (χ4v) is 2.24. The van der Waals surface area contributed by atoms with Crippen molar-refractivity contribution < 1.29 is 19.8 Å². The van der Waals surface area contributed by atoms with Gasteiger partial charge in [-0.2, -0.15) is 0 Å². The SMILES string of the molecule is O=C(CCBr)c1ccc(CBr)cc1C(O)C(=O)O. The summed E-state index contributed by atoms with van der Waals surface area (Å²) in [6.07, 6.45) is -1.43. The highest BCUT2D eigenvalue weighted by molar-refractivity contribution is 9.09. The summed E-state index contributed by atoms with van der Waals surface area (Å²) < 4.78 is 0. The van der Waals surface area contributed by atoms with Crippen LogP contribution in [-0.2, 0) is 10.1 Å². The molecule has 0 amide bonds. The van der Waals surface area contributed by atoms with Crippen LogP contribution in [0.3, 0.4) is 0 Å². The molecule has 0 heterocycles. The zero-order valence-corrected chi connectivity index (χ0v) is 12.6. The highest BCUT2D eigenvalue weighted by atomic mass is 79.9. The van der Waals surface area contributed by atoms with E-state index in [1.165, 1.54) is 6.07 Å². The normalized spacial score (nSPS) is 12.2. The van der Waals surface area contributed by atoms with Crippen molar-refractivity contribution in [3.63, 3.8) is 0 Å². The number of hydrogen-bond acceptors (Lipinski definition) is 3. The average Bonchev–Trinajstić information content (AvgIpc) is 2.37. The number of carboxylic acids is 1. The number of aliphatic hydroxyl groups is 1. The molecule has 1 rings (SSSR count). The Kier molecular flexibility index (Phi) is 5.98. The van der Waals surface area contributed by atoms with Crippen LogP contribution in [0, 0.1) is 0 Å². The van der Waals surface area contributed by atoms with Gasteiger partial charge in [-0.05, 0) is 5.56 Å². The van der Waals surface area contributed by atoms with E-state index in [4.69, 9.17) is 5.11 Å². The van der Waals surface area contributed by atoms with E-state index in [-0.39, 0.29) is 23.3 Å². The molecule has 0 saturated carbocycles. The second-order valence-corrected chi connectivity index (χ2v) is 5.01. The number of carbonyl (C=O) groups is 2. The van der Waals surface area contributed by atoms with Gasteiger partial charge in [0.1, 0.15) is 0 Å². The van der Waals surface area contributed by atoms with Crippen LogP contribution in [0.4, 0.5) is 0 Å². The molecule has 0 saturated heterocycles. The number of carboxylic acid groups (broad SMARTS) is 1. The minimum Gasteiger partial charge on any atom is -0.479 e. The molecule has 18 heavy (non-hydrogen) atoms. The van der Waals surface area contributed by atoms with Crippen LogP contribution < -0.4 is 0 Å². The van der Waals surface area contributed by atoms with Gasteiger partial charge in [-0.25, -0.2) is 4.79 Å². The lowest BCUT2D eigenvalue weighted by molar-refractivity contribution is -0.146. The largest absolute Gasteiger partial charge is 0.479 e. The van der Waals surface area contributed by atoms with Crippen LogP contribution in [0.25, 0.3) is 0 Å². The molecule has 1 unspecified atom stereocenters. The smallest absolute Gasteiger partial charge is 0.337 e. The fourth-order valence-electron chi connectivity index (χ4n) is 1.53. The van der Waals surface area contributed by atoms with E-state index in [9.17, 15) is 14.7 Å². The van der Waals surface area contributed by atoms with Crippen LogP contribution in [0.1, 0.15) is 34.0 Å². The molecular formula is C12H12Br2O4. The van der Waals surface area contributed by atoms with E-state index in [1.54, 1.807) is 12.1 Å². The maximum Gasteiger partial charge on any atom is 0.337 e. The Labute approximate surface area is 121 Å². The van der Waals surface area contributed by atoms with Gasteiger partial charge >= 0.3 is 5.97 Å². The number of rotatable bonds is 6. The molecule has 0 aliphatic carbocycles. The first-order valence-corrected chi connectivity index (χ1v) is 7.44. The second kappa shape index (κ2) is 7.01. The predicted octanol–water partition coefficient (Wildman–Crippen LogP) is 2.67. The maximum absolute atomic E-state index is 11.8. The topological polar surface area (TPSA) is 74.6 Å². The Morgan fingerprint density at radius 3 is 2.44 bits per heavy atom. The number of halogens is 2. The molecule has 1 atom stereocenters. The van der Waals surface area contributed by atoms with Gasteiger partial charge in [-0.3, -0.25) is 4.79 Å². The number of aliphatic hydroxyl groups excluding tert-OH is 1. The van der Waals surface area contributed by atoms with Crippen LogP contribution in [0.5, 0.6) is 0 Å². The van der Waals surface area contributed by atoms with Crippen molar-refractivity contribution in [1.29, 1.82) is 0 Å². The molecule has 0 spiro atoms. The van der Waals surface area contributed by atoms with Gasteiger partial charge < -0.3 is 10.2 Å². The van der Waals surface area contributed by atoms with Crippen molar-refractivity contribution >= 4 is 43.6 Å². The number of hydrogen-bond donors (Lipinski definition) is 2. The summed E-state index contributed by atoms with van der Waals surface area (Å²) in [5, 5.41) is 19.5. The van der Waals surface area contributed by atoms with Crippen molar-refractivity contribution in [3.05, 3.63) is 34.9 Å². The Bertz CT molecular complexity index is 459. The molecule has 0 bridgehead atoms. The third-order valence-corrected chi connectivity index (χ3v) is 3.46. The van der Waals surface area contributed by atoms with Gasteiger partial charge in [0.25, 0.3) is 0 Å². The quantitative estimate of drug-likeness (QED) is 0.588. The van der Waals surface area contributed by atoms with Gasteiger partial charge in [0, 0.05) is 28.2 Å². The van der Waals surface area contributed by atoms with E-state index in [0.717, 1.165) is 5.56 Å². The third-order valence-electron chi connectivity index (χ3n) is 2.42. The number of aliphatic carboxylic acids is 1. The minimum absolute atomic E-state index is 0.144. The Morgan fingerprint density at radius 1 is 1.28 bits per heavy atom. The molecule has 0 aliphatic rings. The van der Waals surface area contributed by atoms with Gasteiger partial charge in [-0.1, -0.05) is 50.1 Å². The van der Waals surface area contributed by atoms with Crippen molar-refractivity contribution in [3.8, 4) is 0 Å². The molecule has 4 nitrogen and oxygen atoms in total. The fraction of sp³-hybridized carbons (Fsp3) is 0.333. The van der Waals surface area contributed by atoms with Crippen LogP contribution in [0.15, 0.2) is 18.2 Å². The van der Waals surface area contributed by atoms with Crippen LogP contribution in [-0.4, -0.2) is 27.3 Å². The lowest BCUT2D eigenvalue weighted by Crippen LogP contribution is -2.15. The number of Topliss-reactive ketones (excluding diaryl/α,β-unsaturated/α-hetero) is 1. The summed E-state index contributed by atoms with van der Waals surface area (Å²) in [7, 11) is 0. The average molecular weight is 380 g/mol. The molecule has 98 valence electrons. The molecule has 2 N–H and O–H groups in total. The molecule has 1 aromatic carbocycles. The first-order chi connectivity index (χ1) is 8.51. The summed E-state index contributed by atoms with van der Waals surface area (Å²) in [6.45, 7) is 0. The van der Waals surface area contributed by atoms with Crippen molar-refractivity contribution in [1.82, 2.24) is 0 Å². The number of alkyl halides is 2. The van der Waals surface area contributed by atoms with Crippen molar-refractivity contribution in [2.45, 2.75) is 17.9 Å². The number of ketones is 1. The molecule has 1 aromatic rings. The van der Waals surface area contributed by atoms with Gasteiger partial charge in [-0.15, -0.1) is 0 Å². The standard InChI is InChI=1S/C12H12Br2O4/c13-4-3-10(15)8-2-1-7(6-14)5-9(8)11(16)12(17)18/h1-2,5,11,16H,3-4,6H2,(H,17,18). The van der Waals surface area contributed by atoms with Gasteiger partial charge in [0.2, 0.25) is 0 Å². The van der Waals surface area contributed by atoms with E-state index in [1.807, 2.05) is 0 Å². The summed E-state index contributed by atoms with van der Waals surface area (Å²) in [5.41, 5.74) is 1.21. The monoisotopic (exact) mass is 378 g/mol. The summed E-state index contributed by atoms with van der Waals surface area (Å²) >= 11 is 6.41. The zero-order valence-electron chi connectivity index (χ0n) is 9.40. The lowest BCUT2D eigenvalue weighted by Gasteiger charge is -2.12. The lowest BCUT2D eigenvalue weighted by atomic mass is 9.96. The number of benzene rings is 1. The Balaban J connectivity index is 3.24. The predicted molar refractivity (Wildman–Crippen MR) is 74.4 cm³/mol. The highest BCUT2D eigenvalue weighted by Gasteiger charge is 2.22. The van der Waals surface area contributed by atoms with Crippen LogP contribution in [0.2, 0.25) is 0 Å². The second-order valence-electron chi connectivity index (χ2n) is 3.66. The first-order valence-electron chi connectivity index (χ1n) is 5.20. The van der Waals surface area contributed by atoms with Gasteiger partial charge in [0.15, 0.2) is 11.9 Å². The van der Waals surface area contributed by atoms with Gasteiger partial charge in [0.05, 0.1) is 0 Å². The first kappa shape index (κ1) is 15.3. The molecule has 0 fully saturated rings. The molecule has 0 aliphatic heterocycles. The number of carbonyl (C=O) groups excluding carboxylic acids is 1. The summed E-state index contributed by atoms with van der Waals surface area (Å²) in [4.78, 5) is 22.7. The molecule has 0 radical (unpaired) electrons. The minimum atomic E-state index is -1.68. The molecule has 0 aromatic heterocycles. The summed E-state index contributed by atoms with van der Waals surface area (Å²) in [5.74, 6) is -1.56. The Morgan fingerprint density at radius 2 is 1.94 bits per heavy atom. The van der Waals surface area contributed by atoms with E-state index in [2.05, 4.69) is 31.9 Å². The van der Waals surface area contributed by atoms with E-state index in [0.29, 0.717) is 10.7 Å². The molecular weight excluding hydrogens is 368 g/mol. The third kappa shape index (κ3) is 3.63. The summed E-state index contributed by atoms with van der Waals surface area (Å²) in [6, 6.07) is 4.83. The molecule has 6 heteroatoms. The zero-order chi connectivity index (χ0) is 13.7. The van der Waals surface area contributed by atoms with Crippen LogP contribution >= 0.6 is 31.9 Å². The van der Waals surface area contributed by atoms with Crippen molar-refractivity contribution in [2.75, 3.05) is 5.33 Å². The van der Waals surface area contributed by atoms with E-state index >= 15 is 0 Å².